The molecule has 0 aromatic heterocycles. The van der Waals surface area contributed by atoms with Gasteiger partial charge in [-0.1, -0.05) is 20.3 Å². The molecule has 138 valence electrons. The molecule has 0 spiro atoms. The molecule has 1 saturated carbocycles. The first-order valence-corrected chi connectivity index (χ1v) is 9.23. The van der Waals surface area contributed by atoms with Gasteiger partial charge in [-0.2, -0.15) is 0 Å². The van der Waals surface area contributed by atoms with E-state index in [4.69, 9.17) is 15.8 Å². The molecule has 1 aliphatic heterocycles. The molecule has 2 fully saturated rings. The Morgan fingerprint density at radius 3 is 2.42 bits per heavy atom. The van der Waals surface area contributed by atoms with Gasteiger partial charge in [-0.15, -0.1) is 0 Å². The summed E-state index contributed by atoms with van der Waals surface area (Å²) >= 11 is 0. The van der Waals surface area contributed by atoms with Gasteiger partial charge in [0.1, 0.15) is 5.54 Å². The molecule has 7 heteroatoms. The Hall–Kier alpha value is -0.625. The molecule has 1 unspecified atom stereocenters. The first-order valence-electron chi connectivity index (χ1n) is 9.23. The van der Waals surface area contributed by atoms with Gasteiger partial charge in [0.25, 0.3) is 0 Å². The molecule has 1 heterocycles. The second-order valence-electron chi connectivity index (χ2n) is 8.71. The van der Waals surface area contributed by atoms with Crippen molar-refractivity contribution in [2.45, 2.75) is 64.2 Å². The molecule has 6 nitrogen and oxygen atoms in total. The maximum absolute atomic E-state index is 11.9. The quantitative estimate of drug-likeness (QED) is 0.541. The zero-order valence-corrected chi connectivity index (χ0v) is 15.1. The number of hydrogen-bond acceptors (Lipinski definition) is 5. The van der Waals surface area contributed by atoms with E-state index >= 15 is 0 Å². The molecule has 1 aliphatic carbocycles. The Bertz CT molecular complexity index is 436. The van der Waals surface area contributed by atoms with E-state index in [0.717, 1.165) is 45.3 Å². The van der Waals surface area contributed by atoms with Crippen LogP contribution in [0.3, 0.4) is 0 Å². The van der Waals surface area contributed by atoms with Gasteiger partial charge in [-0.3, -0.25) is 4.79 Å². The smallest absolute Gasteiger partial charge is 0.451 e. The van der Waals surface area contributed by atoms with Crippen LogP contribution in [0.1, 0.15) is 52.4 Å². The van der Waals surface area contributed by atoms with Crippen molar-refractivity contribution in [3.05, 3.63) is 0 Å². The number of carboxylic acids is 1. The lowest BCUT2D eigenvalue weighted by atomic mass is 9.66. The lowest BCUT2D eigenvalue weighted by molar-refractivity contribution is -0.148. The fraction of sp³-hybridized carbons (Fsp3) is 0.941. The molecule has 1 saturated heterocycles. The molecule has 0 bridgehead atoms. The van der Waals surface area contributed by atoms with Gasteiger partial charge < -0.3 is 25.8 Å². The third-order valence-electron chi connectivity index (χ3n) is 6.20. The number of rotatable bonds is 6. The summed E-state index contributed by atoms with van der Waals surface area (Å²) in [5, 5.41) is 27.8. The Morgan fingerprint density at radius 1 is 1.25 bits per heavy atom. The van der Waals surface area contributed by atoms with Crippen LogP contribution in [0, 0.1) is 17.3 Å². The Kier molecular flexibility index (Phi) is 6.34. The summed E-state index contributed by atoms with van der Waals surface area (Å²) in [5.41, 5.74) is 5.54. The van der Waals surface area contributed by atoms with Crippen molar-refractivity contribution in [3.8, 4) is 0 Å². The molecule has 2 aliphatic rings. The summed E-state index contributed by atoms with van der Waals surface area (Å²) in [4.78, 5) is 14.2. The average molecular weight is 340 g/mol. The summed E-state index contributed by atoms with van der Waals surface area (Å²) in [7, 11) is -1.32. The third kappa shape index (κ3) is 4.94. The van der Waals surface area contributed by atoms with Crippen LogP contribution in [0.5, 0.6) is 0 Å². The topological polar surface area (TPSA) is 107 Å². The lowest BCUT2D eigenvalue weighted by Gasteiger charge is -2.45. The second kappa shape index (κ2) is 7.73. The standard InChI is InChI=1S/C17H33BN2O4/c1-16(2)6-9-20(10-7-16)12-14-4-3-13(5-8-18(23)24)11-17(14,19)15(21)22/h13-14,23-24H,3-12,19H2,1-2H3,(H,21,22)/t13-,14?,17+/m0/s1. The molecule has 3 atom stereocenters. The molecular weight excluding hydrogens is 307 g/mol. The highest BCUT2D eigenvalue weighted by Crippen LogP contribution is 2.39. The monoisotopic (exact) mass is 340 g/mol. The van der Waals surface area contributed by atoms with Gasteiger partial charge >= 0.3 is 13.1 Å². The summed E-state index contributed by atoms with van der Waals surface area (Å²) < 4.78 is 0. The second-order valence-corrected chi connectivity index (χ2v) is 8.71. The average Bonchev–Trinajstić information content (AvgIpc) is 2.49. The van der Waals surface area contributed by atoms with Gasteiger partial charge in [0, 0.05) is 12.5 Å². The predicted octanol–water partition coefficient (Wildman–Crippen LogP) is 1.17. The third-order valence-corrected chi connectivity index (χ3v) is 6.20. The fourth-order valence-corrected chi connectivity index (χ4v) is 4.24. The number of likely N-dealkylation sites (tertiary alicyclic amines) is 1. The first-order chi connectivity index (χ1) is 11.1. The minimum atomic E-state index is -1.32. The number of carboxylic acid groups (broad SMARTS) is 1. The SMILES string of the molecule is CC1(C)CCN(CC2CC[C@@H](CCB(O)O)C[C@]2(N)C(=O)O)CC1. The highest BCUT2D eigenvalue weighted by Gasteiger charge is 2.47. The minimum Gasteiger partial charge on any atom is -0.480 e. The largest absolute Gasteiger partial charge is 0.480 e. The Balaban J connectivity index is 1.95. The van der Waals surface area contributed by atoms with E-state index in [2.05, 4.69) is 18.7 Å². The van der Waals surface area contributed by atoms with Crippen molar-refractivity contribution >= 4 is 13.1 Å². The zero-order valence-electron chi connectivity index (χ0n) is 15.1. The Labute approximate surface area is 145 Å². The normalized spacial score (nSPS) is 34.0. The van der Waals surface area contributed by atoms with Crippen LogP contribution in [-0.2, 0) is 4.79 Å². The van der Waals surface area contributed by atoms with E-state index in [9.17, 15) is 9.90 Å². The zero-order chi connectivity index (χ0) is 18.0. The molecule has 2 rings (SSSR count). The van der Waals surface area contributed by atoms with Crippen molar-refractivity contribution in [3.63, 3.8) is 0 Å². The maximum atomic E-state index is 11.9. The summed E-state index contributed by atoms with van der Waals surface area (Å²) in [6.45, 7) is 7.36. The van der Waals surface area contributed by atoms with E-state index in [1.54, 1.807) is 0 Å². The number of nitrogens with zero attached hydrogens (tertiary/aromatic N) is 1. The van der Waals surface area contributed by atoms with Crippen LogP contribution < -0.4 is 5.73 Å². The van der Waals surface area contributed by atoms with Crippen molar-refractivity contribution < 1.29 is 19.9 Å². The van der Waals surface area contributed by atoms with E-state index in [1.807, 2.05) is 0 Å². The maximum Gasteiger partial charge on any atom is 0.451 e. The molecule has 24 heavy (non-hydrogen) atoms. The first kappa shape index (κ1) is 19.7. The number of piperidine rings is 1. The van der Waals surface area contributed by atoms with E-state index < -0.39 is 18.6 Å². The van der Waals surface area contributed by atoms with Crippen LogP contribution in [0.15, 0.2) is 0 Å². The van der Waals surface area contributed by atoms with Crippen LogP contribution >= 0.6 is 0 Å². The molecule has 0 aromatic carbocycles. The van der Waals surface area contributed by atoms with Crippen molar-refractivity contribution in [2.75, 3.05) is 19.6 Å². The van der Waals surface area contributed by atoms with E-state index in [-0.39, 0.29) is 18.2 Å². The van der Waals surface area contributed by atoms with Crippen molar-refractivity contribution in [1.82, 2.24) is 4.90 Å². The fourth-order valence-electron chi connectivity index (χ4n) is 4.24. The molecule has 5 N–H and O–H groups in total. The van der Waals surface area contributed by atoms with Gasteiger partial charge in [-0.25, -0.2) is 0 Å². The van der Waals surface area contributed by atoms with E-state index in [1.165, 1.54) is 0 Å². The highest BCUT2D eigenvalue weighted by molar-refractivity contribution is 6.40. The van der Waals surface area contributed by atoms with Gasteiger partial charge in [0.15, 0.2) is 0 Å². The Morgan fingerprint density at radius 2 is 1.88 bits per heavy atom. The van der Waals surface area contributed by atoms with Crippen LogP contribution in [0.4, 0.5) is 0 Å². The van der Waals surface area contributed by atoms with Crippen LogP contribution in [0.2, 0.25) is 6.32 Å². The van der Waals surface area contributed by atoms with Crippen LogP contribution in [0.25, 0.3) is 0 Å². The van der Waals surface area contributed by atoms with Crippen LogP contribution in [-0.4, -0.2) is 58.3 Å². The van der Waals surface area contributed by atoms with E-state index in [0.29, 0.717) is 18.3 Å². The number of nitrogens with two attached hydrogens (primary N) is 1. The summed E-state index contributed by atoms with van der Waals surface area (Å²) in [5.74, 6) is -0.796. The summed E-state index contributed by atoms with van der Waals surface area (Å²) in [6, 6.07) is 0. The number of carbonyl (C=O) groups is 1. The number of aliphatic carboxylic acids is 1. The minimum absolute atomic E-state index is 0.0356. The van der Waals surface area contributed by atoms with Gasteiger partial charge in [0.05, 0.1) is 0 Å². The summed E-state index contributed by atoms with van der Waals surface area (Å²) in [6.07, 6.45) is 5.33. The highest BCUT2D eigenvalue weighted by atomic mass is 16.4. The van der Waals surface area contributed by atoms with Gasteiger partial charge in [-0.05, 0) is 62.8 Å². The van der Waals surface area contributed by atoms with Gasteiger partial charge in [0.2, 0.25) is 0 Å². The lowest BCUT2D eigenvalue weighted by Crippen LogP contribution is -2.60. The molecule has 0 aromatic rings. The number of hydrogen-bond donors (Lipinski definition) is 4. The van der Waals surface area contributed by atoms with Crippen molar-refractivity contribution in [1.29, 1.82) is 0 Å². The van der Waals surface area contributed by atoms with Crippen molar-refractivity contribution in [2.24, 2.45) is 23.0 Å². The molecule has 0 amide bonds. The predicted molar refractivity (Wildman–Crippen MR) is 94.5 cm³/mol. The molecular formula is C17H33BN2O4. The molecule has 0 radical (unpaired) electrons.